The van der Waals surface area contributed by atoms with Crippen molar-refractivity contribution in [1.29, 1.82) is 0 Å². The number of amides is 7. The van der Waals surface area contributed by atoms with Crippen LogP contribution in [0.25, 0.3) is 0 Å². The number of carbonyl (C=O) groups is 7. The molecule has 0 aromatic rings. The molecule has 70 heavy (non-hydrogen) atoms. The predicted octanol–water partition coefficient (Wildman–Crippen LogP) is 5.77. The summed E-state index contributed by atoms with van der Waals surface area (Å²) < 4.78 is 16.8. The average molecular weight is 990 g/mol. The summed E-state index contributed by atoms with van der Waals surface area (Å²) in [5.41, 5.74) is -1.54. The normalized spacial score (nSPS) is 24.1. The number of alkyl carbamates (subject to hydrolysis) is 2. The molecule has 9 atom stereocenters. The first-order valence-corrected chi connectivity index (χ1v) is 26.6. The zero-order valence-electron chi connectivity index (χ0n) is 44.3. The number of hydrogen-bond acceptors (Lipinski definition) is 11. The highest BCUT2D eigenvalue weighted by Crippen LogP contribution is 2.46. The smallest absolute Gasteiger partial charge is 0.407 e. The van der Waals surface area contributed by atoms with Crippen molar-refractivity contribution in [3.05, 3.63) is 0 Å². The van der Waals surface area contributed by atoms with Gasteiger partial charge in [-0.25, -0.2) is 9.59 Å². The first-order valence-electron chi connectivity index (χ1n) is 26.6. The van der Waals surface area contributed by atoms with E-state index in [1.807, 2.05) is 13.8 Å². The summed E-state index contributed by atoms with van der Waals surface area (Å²) in [6, 6.07) is -5.55. The largest absolute Gasteiger partial charge is 0.444 e. The fraction of sp³-hybridized carbons (Fsp3) is 0.865. The van der Waals surface area contributed by atoms with E-state index in [0.29, 0.717) is 38.5 Å². The monoisotopic (exact) mass is 990 g/mol. The number of nitrogens with one attached hydrogen (secondary N) is 6. The Labute approximate surface area is 418 Å². The van der Waals surface area contributed by atoms with Gasteiger partial charge in [0.15, 0.2) is 0 Å². The number of carbonyl (C=O) groups excluding carboxylic acids is 7. The predicted molar refractivity (Wildman–Crippen MR) is 266 cm³/mol. The molecule has 0 aromatic heterocycles. The number of nitrogens with zero attached hydrogens (tertiary/aromatic N) is 1. The molecular weight excluding hydrogens is 899 g/mol. The molecule has 7 N–H and O–H groups in total. The van der Waals surface area contributed by atoms with Gasteiger partial charge in [-0.3, -0.25) is 24.0 Å². The third-order valence-electron chi connectivity index (χ3n) is 14.4. The SMILES string of the molecule is CCC[C@@H](C(=O)N[C@H](C(=O)N[C@@H](CNC(=O)OC(C)(C)C)C(=O)N[C@@H](CO[C@H]1C[C@H](NC(=O)OC(C)(C)C)C1)C(=O)N[C@H](C)CO)C1CCCCCC1)N(C)C(=O)[C@H](C)CCC[C@H]1C[C@H]2CC[C@@H](C1)C2. The van der Waals surface area contributed by atoms with Crippen molar-refractivity contribution < 1.29 is 52.9 Å². The van der Waals surface area contributed by atoms with Crippen LogP contribution in [0.5, 0.6) is 0 Å². The molecule has 0 aliphatic heterocycles. The minimum atomic E-state index is -1.46. The van der Waals surface area contributed by atoms with E-state index in [9.17, 15) is 38.7 Å². The summed E-state index contributed by atoms with van der Waals surface area (Å²) in [5.74, 6) is -0.783. The van der Waals surface area contributed by atoms with Crippen LogP contribution < -0.4 is 31.9 Å². The van der Waals surface area contributed by atoms with Crippen LogP contribution in [0.1, 0.15) is 178 Å². The summed E-state index contributed by atoms with van der Waals surface area (Å²) in [4.78, 5) is 97.9. The third-order valence-corrected chi connectivity index (χ3v) is 14.4. The van der Waals surface area contributed by atoms with Gasteiger partial charge in [-0.05, 0) is 130 Å². The average Bonchev–Trinajstić information content (AvgIpc) is 3.41. The molecule has 18 heteroatoms. The van der Waals surface area contributed by atoms with E-state index in [4.69, 9.17) is 14.2 Å². The number of likely N-dealkylation sites (N-methyl/N-ethyl adjacent to an activating group) is 1. The first kappa shape index (κ1) is 58.4. The number of hydrogen-bond donors (Lipinski definition) is 7. The van der Waals surface area contributed by atoms with Crippen molar-refractivity contribution in [1.82, 2.24) is 36.8 Å². The fourth-order valence-corrected chi connectivity index (χ4v) is 10.6. The Balaban J connectivity index is 1.49. The number of aliphatic hydroxyl groups is 1. The lowest BCUT2D eigenvalue weighted by Gasteiger charge is -2.36. The number of rotatable bonds is 24. The van der Waals surface area contributed by atoms with Crippen LogP contribution in [0.15, 0.2) is 0 Å². The lowest BCUT2D eigenvalue weighted by molar-refractivity contribution is -0.143. The molecule has 4 rings (SSSR count). The number of ether oxygens (including phenoxy) is 3. The summed E-state index contributed by atoms with van der Waals surface area (Å²) in [6.45, 7) is 14.7. The fourth-order valence-electron chi connectivity index (χ4n) is 10.6. The molecule has 4 aliphatic carbocycles. The molecule has 4 aliphatic rings. The molecule has 400 valence electrons. The Bertz CT molecular complexity index is 1710. The molecular formula is C52H91N7O11. The quantitative estimate of drug-likeness (QED) is 0.0573. The van der Waals surface area contributed by atoms with Crippen LogP contribution in [0, 0.1) is 29.6 Å². The Hall–Kier alpha value is -4.19. The van der Waals surface area contributed by atoms with Crippen molar-refractivity contribution in [2.75, 3.05) is 26.8 Å². The standard InChI is InChI=1S/C52H91N7O11/c1-11-17-42(59(10)48(65)32(2)18-16-19-34-24-35-22-23-36(25-34)26-35)46(63)58-43(37-20-14-12-13-15-21-37)47(64)56-40(29-53-49(66)69-51(4,5)6)44(61)57-41(45(62)54-33(3)30-60)31-68-39-27-38(28-39)55-50(67)70-52(7,8)9/h32-43,60H,11-31H2,1-10H3,(H,53,66)(H,54,62)(H,55,67)(H,56,64)(H,57,61)(H,58,63)/t32-,33-,34-,35+,36-,38-,39-,40+,41+,42+,43+/m1/s1. The first-order chi connectivity index (χ1) is 32.9. The zero-order chi connectivity index (χ0) is 51.8. The highest BCUT2D eigenvalue weighted by atomic mass is 16.6. The second-order valence-corrected chi connectivity index (χ2v) is 23.1. The van der Waals surface area contributed by atoms with Gasteiger partial charge in [-0.2, -0.15) is 0 Å². The second kappa shape index (κ2) is 27.6. The van der Waals surface area contributed by atoms with Crippen molar-refractivity contribution in [2.45, 2.75) is 231 Å². The van der Waals surface area contributed by atoms with Crippen LogP contribution >= 0.6 is 0 Å². The van der Waals surface area contributed by atoms with Gasteiger partial charge in [-0.15, -0.1) is 0 Å². The molecule has 4 saturated carbocycles. The lowest BCUT2D eigenvalue weighted by atomic mass is 9.78. The summed E-state index contributed by atoms with van der Waals surface area (Å²) in [5, 5.41) is 26.3. The van der Waals surface area contributed by atoms with Gasteiger partial charge < -0.3 is 56.1 Å². The number of fused-ring (bicyclic) bond motifs is 2. The Morgan fingerprint density at radius 2 is 1.27 bits per heavy atom. The highest BCUT2D eigenvalue weighted by Gasteiger charge is 2.39. The van der Waals surface area contributed by atoms with Crippen LogP contribution in [0.4, 0.5) is 9.59 Å². The van der Waals surface area contributed by atoms with E-state index in [-0.39, 0.29) is 43.1 Å². The molecule has 0 radical (unpaired) electrons. The van der Waals surface area contributed by atoms with Gasteiger partial charge >= 0.3 is 12.2 Å². The molecule has 2 bridgehead atoms. The van der Waals surface area contributed by atoms with Crippen molar-refractivity contribution in [2.24, 2.45) is 29.6 Å². The topological polar surface area (TPSA) is 243 Å². The Morgan fingerprint density at radius 1 is 0.686 bits per heavy atom. The third kappa shape index (κ3) is 19.8. The summed E-state index contributed by atoms with van der Waals surface area (Å²) in [7, 11) is 1.67. The van der Waals surface area contributed by atoms with Crippen molar-refractivity contribution in [3.8, 4) is 0 Å². The van der Waals surface area contributed by atoms with E-state index >= 15 is 0 Å². The molecule has 4 fully saturated rings. The molecule has 0 saturated heterocycles. The maximum absolute atomic E-state index is 14.7. The van der Waals surface area contributed by atoms with Gasteiger partial charge in [0.2, 0.25) is 29.5 Å². The van der Waals surface area contributed by atoms with Crippen LogP contribution in [0.2, 0.25) is 0 Å². The van der Waals surface area contributed by atoms with Crippen LogP contribution in [-0.2, 0) is 38.2 Å². The van der Waals surface area contributed by atoms with Gasteiger partial charge in [0.1, 0.15) is 35.4 Å². The van der Waals surface area contributed by atoms with Gasteiger partial charge in [0, 0.05) is 25.0 Å². The molecule has 18 nitrogen and oxygen atoms in total. The lowest BCUT2D eigenvalue weighted by Crippen LogP contribution is -2.62. The molecule has 0 heterocycles. The van der Waals surface area contributed by atoms with Crippen LogP contribution in [-0.4, -0.2) is 132 Å². The van der Waals surface area contributed by atoms with Gasteiger partial charge in [0.25, 0.3) is 0 Å². The Morgan fingerprint density at radius 3 is 1.86 bits per heavy atom. The molecule has 0 spiro atoms. The van der Waals surface area contributed by atoms with E-state index in [0.717, 1.165) is 62.7 Å². The highest BCUT2D eigenvalue weighted by molar-refractivity contribution is 5.96. The number of aliphatic hydroxyl groups excluding tert-OH is 1. The maximum Gasteiger partial charge on any atom is 0.407 e. The maximum atomic E-state index is 14.7. The molecule has 0 unspecified atom stereocenters. The summed E-state index contributed by atoms with van der Waals surface area (Å²) >= 11 is 0. The molecule has 0 aromatic carbocycles. The minimum absolute atomic E-state index is 0.108. The van der Waals surface area contributed by atoms with Crippen LogP contribution in [0.3, 0.4) is 0 Å². The van der Waals surface area contributed by atoms with Crippen molar-refractivity contribution >= 4 is 41.7 Å². The summed E-state index contributed by atoms with van der Waals surface area (Å²) in [6.07, 6.45) is 14.6. The van der Waals surface area contributed by atoms with Gasteiger partial charge in [0.05, 0.1) is 25.9 Å². The van der Waals surface area contributed by atoms with E-state index in [2.05, 4.69) is 31.9 Å². The van der Waals surface area contributed by atoms with E-state index < -0.39 is 83.8 Å². The minimum Gasteiger partial charge on any atom is -0.444 e. The van der Waals surface area contributed by atoms with E-state index in [1.54, 1.807) is 60.4 Å². The second-order valence-electron chi connectivity index (χ2n) is 23.1. The van der Waals surface area contributed by atoms with E-state index in [1.165, 1.54) is 32.1 Å². The Kier molecular flexibility index (Phi) is 23.0. The van der Waals surface area contributed by atoms with Crippen molar-refractivity contribution in [3.63, 3.8) is 0 Å². The van der Waals surface area contributed by atoms with Gasteiger partial charge in [-0.1, -0.05) is 71.6 Å². The molecule has 7 amide bonds. The zero-order valence-corrected chi connectivity index (χ0v) is 44.3.